The molecule has 0 aromatic heterocycles. The van der Waals surface area contributed by atoms with Gasteiger partial charge in [-0.3, -0.25) is 0 Å². The van der Waals surface area contributed by atoms with Crippen molar-refractivity contribution in [2.45, 2.75) is 130 Å². The van der Waals surface area contributed by atoms with Gasteiger partial charge in [0.1, 0.15) is 11.5 Å². The number of hydrogen-bond donors (Lipinski definition) is 0. The fourth-order valence-corrected chi connectivity index (χ4v) is 9.82. The normalized spacial score (nSPS) is 18.8. The van der Waals surface area contributed by atoms with Crippen molar-refractivity contribution in [1.29, 1.82) is 0 Å². The second kappa shape index (κ2) is 13.3. The molecule has 2 rings (SSSR count). The summed E-state index contributed by atoms with van der Waals surface area (Å²) in [6.07, 6.45) is 12.0. The monoisotopic (exact) mass is 514 g/mol. The molecule has 0 aliphatic heterocycles. The molecule has 0 radical (unpaired) electrons. The molecule has 1 aliphatic carbocycles. The first-order chi connectivity index (χ1) is 16.4. The van der Waals surface area contributed by atoms with Crippen LogP contribution in [0.15, 0.2) is 35.9 Å². The highest BCUT2D eigenvalue weighted by Crippen LogP contribution is 2.48. The number of hydrogen-bond acceptors (Lipinski definition) is 2. The third kappa shape index (κ3) is 8.96. The zero-order chi connectivity index (χ0) is 26.2. The zero-order valence-electron chi connectivity index (χ0n) is 24.5. The van der Waals surface area contributed by atoms with Crippen molar-refractivity contribution in [3.63, 3.8) is 0 Å². The van der Waals surface area contributed by atoms with Crippen LogP contribution >= 0.6 is 0 Å². The second-order valence-corrected chi connectivity index (χ2v) is 20.7. The number of aryl methyl sites for hydroxylation is 1. The molecule has 35 heavy (non-hydrogen) atoms. The van der Waals surface area contributed by atoms with Crippen LogP contribution in [0.2, 0.25) is 38.3 Å². The van der Waals surface area contributed by atoms with E-state index in [2.05, 4.69) is 85.6 Å². The maximum absolute atomic E-state index is 7.07. The molecule has 0 saturated carbocycles. The van der Waals surface area contributed by atoms with Crippen molar-refractivity contribution in [3.8, 4) is 11.5 Å². The van der Waals surface area contributed by atoms with Crippen LogP contribution in [0.3, 0.4) is 0 Å². The van der Waals surface area contributed by atoms with E-state index in [-0.39, 0.29) is 5.92 Å². The van der Waals surface area contributed by atoms with Gasteiger partial charge in [-0.1, -0.05) is 70.3 Å². The van der Waals surface area contributed by atoms with E-state index >= 15 is 0 Å². The van der Waals surface area contributed by atoms with Crippen LogP contribution in [0.4, 0.5) is 0 Å². The Balaban J connectivity index is 2.74. The van der Waals surface area contributed by atoms with Gasteiger partial charge < -0.3 is 8.85 Å². The molecular formula is C31H54O2Si2. The zero-order valence-corrected chi connectivity index (χ0v) is 26.5. The van der Waals surface area contributed by atoms with Crippen LogP contribution in [0.1, 0.15) is 96.6 Å². The molecule has 0 heterocycles. The van der Waals surface area contributed by atoms with Gasteiger partial charge in [-0.25, -0.2) is 0 Å². The van der Waals surface area contributed by atoms with Crippen LogP contribution < -0.4 is 8.85 Å². The highest BCUT2D eigenvalue weighted by Gasteiger charge is 2.35. The fraction of sp³-hybridized carbons (Fsp3) is 0.677. The number of rotatable bonds is 14. The number of allylic oxidation sites excluding steroid dienone is 3. The van der Waals surface area contributed by atoms with E-state index in [4.69, 9.17) is 8.85 Å². The Bertz CT molecular complexity index is 828. The molecule has 0 saturated heterocycles. The Kier molecular flexibility index (Phi) is 11.4. The summed E-state index contributed by atoms with van der Waals surface area (Å²) in [5.74, 6) is 2.90. The summed E-state index contributed by atoms with van der Waals surface area (Å²) < 4.78 is 14.1. The van der Waals surface area contributed by atoms with Crippen LogP contribution in [0.25, 0.3) is 0 Å². The van der Waals surface area contributed by atoms with E-state index in [0.717, 1.165) is 30.8 Å². The molecule has 0 fully saturated rings. The first kappa shape index (κ1) is 30.0. The Morgan fingerprint density at radius 1 is 0.914 bits per heavy atom. The lowest BCUT2D eigenvalue weighted by Crippen LogP contribution is -2.36. The van der Waals surface area contributed by atoms with Crippen molar-refractivity contribution in [2.75, 3.05) is 0 Å². The van der Waals surface area contributed by atoms with Gasteiger partial charge in [0, 0.05) is 11.5 Å². The summed E-state index contributed by atoms with van der Waals surface area (Å²) in [6, 6.07) is 7.10. The molecule has 0 N–H and O–H groups in total. The Hall–Kier alpha value is -1.27. The minimum absolute atomic E-state index is 0.272. The maximum Gasteiger partial charge on any atom is 0.245 e. The number of unbranched alkanes of at least 4 members (excludes halogenated alkanes) is 2. The SMILES string of the molecule is C=C(C)C1CCC(C)=CC1c1c(O[Si](C)(C)CCC)cc(CCCCC)cc1O[Si](C)(C)CCC. The van der Waals surface area contributed by atoms with E-state index in [1.807, 2.05) is 0 Å². The van der Waals surface area contributed by atoms with Crippen molar-refractivity contribution < 1.29 is 8.85 Å². The molecule has 4 heteroatoms. The van der Waals surface area contributed by atoms with Crippen LogP contribution in [-0.4, -0.2) is 16.6 Å². The minimum Gasteiger partial charge on any atom is -0.544 e. The van der Waals surface area contributed by atoms with Gasteiger partial charge in [-0.05, 0) is 101 Å². The molecule has 0 spiro atoms. The lowest BCUT2D eigenvalue weighted by Gasteiger charge is -2.36. The van der Waals surface area contributed by atoms with Gasteiger partial charge in [-0.15, -0.1) is 0 Å². The van der Waals surface area contributed by atoms with E-state index in [1.165, 1.54) is 66.5 Å². The topological polar surface area (TPSA) is 18.5 Å². The summed E-state index contributed by atoms with van der Waals surface area (Å²) in [4.78, 5) is 0. The minimum atomic E-state index is -1.85. The van der Waals surface area contributed by atoms with Crippen LogP contribution in [0.5, 0.6) is 11.5 Å². The predicted octanol–water partition coefficient (Wildman–Crippen LogP) is 10.4. The predicted molar refractivity (Wildman–Crippen MR) is 160 cm³/mol. The quantitative estimate of drug-likeness (QED) is 0.140. The lowest BCUT2D eigenvalue weighted by atomic mass is 9.73. The first-order valence-corrected chi connectivity index (χ1v) is 20.5. The molecule has 1 aliphatic rings. The molecule has 2 atom stereocenters. The summed E-state index contributed by atoms with van der Waals surface area (Å²) in [7, 11) is -3.70. The fourth-order valence-electron chi connectivity index (χ4n) is 5.68. The average molecular weight is 515 g/mol. The molecule has 0 amide bonds. The van der Waals surface area contributed by atoms with Crippen molar-refractivity contribution in [2.24, 2.45) is 5.92 Å². The van der Waals surface area contributed by atoms with Gasteiger partial charge in [0.2, 0.25) is 16.6 Å². The van der Waals surface area contributed by atoms with Gasteiger partial charge in [-0.2, -0.15) is 0 Å². The van der Waals surface area contributed by atoms with Gasteiger partial charge in [0.05, 0.1) is 0 Å². The lowest BCUT2D eigenvalue weighted by molar-refractivity contribution is 0.445. The molecular weight excluding hydrogens is 461 g/mol. The van der Waals surface area contributed by atoms with Crippen molar-refractivity contribution in [1.82, 2.24) is 0 Å². The summed E-state index contributed by atoms with van der Waals surface area (Å²) >= 11 is 0. The summed E-state index contributed by atoms with van der Waals surface area (Å²) in [5.41, 5.74) is 5.42. The third-order valence-corrected chi connectivity index (χ3v) is 12.4. The number of benzene rings is 1. The van der Waals surface area contributed by atoms with Gasteiger partial charge in [0.15, 0.2) is 0 Å². The maximum atomic E-state index is 7.07. The summed E-state index contributed by atoms with van der Waals surface area (Å²) in [6.45, 7) is 25.2. The van der Waals surface area contributed by atoms with Crippen molar-refractivity contribution in [3.05, 3.63) is 47.1 Å². The Labute approximate surface area is 219 Å². The van der Waals surface area contributed by atoms with Crippen molar-refractivity contribution >= 4 is 16.6 Å². The summed E-state index contributed by atoms with van der Waals surface area (Å²) in [5, 5.41) is 0. The van der Waals surface area contributed by atoms with Crippen LogP contribution in [-0.2, 0) is 6.42 Å². The largest absolute Gasteiger partial charge is 0.544 e. The Morgan fingerprint density at radius 3 is 1.91 bits per heavy atom. The smallest absolute Gasteiger partial charge is 0.245 e. The first-order valence-electron chi connectivity index (χ1n) is 14.3. The molecule has 0 bridgehead atoms. The molecule has 2 nitrogen and oxygen atoms in total. The van der Waals surface area contributed by atoms with Gasteiger partial charge >= 0.3 is 0 Å². The van der Waals surface area contributed by atoms with Gasteiger partial charge in [0.25, 0.3) is 0 Å². The van der Waals surface area contributed by atoms with Crippen LogP contribution in [0, 0.1) is 5.92 Å². The van der Waals surface area contributed by atoms with E-state index in [0.29, 0.717) is 5.92 Å². The standard InChI is InChI=1S/C31H54O2Si2/c1-11-14-15-16-26-22-29(32-34(7,8)19-12-2)31(30(23-26)33-35(9,10)20-13-3)28-21-25(6)17-18-27(28)24(4)5/h21-23,27-28H,4,11-20H2,1-3,5-10H3. The molecule has 198 valence electrons. The molecule has 1 aromatic rings. The highest BCUT2D eigenvalue weighted by atomic mass is 28.4. The van der Waals surface area contributed by atoms with E-state index in [9.17, 15) is 0 Å². The molecule has 1 aromatic carbocycles. The second-order valence-electron chi connectivity index (χ2n) is 12.2. The average Bonchev–Trinajstić information content (AvgIpc) is 2.72. The Morgan fingerprint density at radius 2 is 1.46 bits per heavy atom. The van der Waals surface area contributed by atoms with E-state index < -0.39 is 16.6 Å². The van der Waals surface area contributed by atoms with E-state index in [1.54, 1.807) is 0 Å². The molecule has 2 unspecified atom stereocenters. The third-order valence-electron chi connectivity index (χ3n) is 7.42. The highest BCUT2D eigenvalue weighted by molar-refractivity contribution is 6.72.